The van der Waals surface area contributed by atoms with E-state index >= 15 is 0 Å². The van der Waals surface area contributed by atoms with Crippen LogP contribution in [0.1, 0.15) is 40.8 Å². The predicted octanol–water partition coefficient (Wildman–Crippen LogP) is 4.00. The zero-order valence-corrected chi connectivity index (χ0v) is 12.5. The summed E-state index contributed by atoms with van der Waals surface area (Å²) < 4.78 is 13.7. The van der Waals surface area contributed by atoms with E-state index in [4.69, 9.17) is 0 Å². The number of nitrogens with one attached hydrogen (secondary N) is 1. The summed E-state index contributed by atoms with van der Waals surface area (Å²) in [5.41, 5.74) is 5.77. The molecule has 3 heteroatoms. The molecule has 0 amide bonds. The fraction of sp³-hybridized carbons (Fsp3) is 0.353. The Morgan fingerprint density at radius 1 is 1.20 bits per heavy atom. The van der Waals surface area contributed by atoms with Gasteiger partial charge in [-0.05, 0) is 50.5 Å². The monoisotopic (exact) mass is 272 g/mol. The van der Waals surface area contributed by atoms with Crippen LogP contribution in [0.2, 0.25) is 0 Å². The topological polar surface area (TPSA) is 24.9 Å². The molecule has 2 nitrogen and oxygen atoms in total. The van der Waals surface area contributed by atoms with Crippen LogP contribution in [0.5, 0.6) is 0 Å². The first kappa shape index (κ1) is 14.7. The third-order valence-corrected chi connectivity index (χ3v) is 3.70. The van der Waals surface area contributed by atoms with E-state index < -0.39 is 0 Å². The van der Waals surface area contributed by atoms with Crippen LogP contribution >= 0.6 is 0 Å². The van der Waals surface area contributed by atoms with Crippen LogP contribution in [0, 0.1) is 26.6 Å². The fourth-order valence-electron chi connectivity index (χ4n) is 2.59. The third-order valence-electron chi connectivity index (χ3n) is 3.70. The first-order valence-electron chi connectivity index (χ1n) is 6.88. The molecule has 20 heavy (non-hydrogen) atoms. The van der Waals surface area contributed by atoms with Crippen molar-refractivity contribution in [2.24, 2.45) is 0 Å². The molecule has 0 fully saturated rings. The molecule has 0 aliphatic carbocycles. The van der Waals surface area contributed by atoms with Gasteiger partial charge in [0.1, 0.15) is 5.82 Å². The van der Waals surface area contributed by atoms with Crippen molar-refractivity contribution in [3.05, 3.63) is 64.2 Å². The van der Waals surface area contributed by atoms with Crippen LogP contribution in [0.15, 0.2) is 30.6 Å². The van der Waals surface area contributed by atoms with Gasteiger partial charge in [-0.2, -0.15) is 0 Å². The average molecular weight is 272 g/mol. The van der Waals surface area contributed by atoms with Crippen molar-refractivity contribution < 1.29 is 4.39 Å². The number of benzene rings is 1. The van der Waals surface area contributed by atoms with Crippen molar-refractivity contribution in [2.45, 2.75) is 40.3 Å². The molecule has 0 aliphatic heterocycles. The van der Waals surface area contributed by atoms with Gasteiger partial charge in [0.05, 0.1) is 6.20 Å². The third kappa shape index (κ3) is 3.23. The van der Waals surface area contributed by atoms with Gasteiger partial charge in [0.15, 0.2) is 0 Å². The lowest BCUT2D eigenvalue weighted by atomic mass is 9.99. The van der Waals surface area contributed by atoms with Gasteiger partial charge in [-0.1, -0.05) is 17.7 Å². The highest BCUT2D eigenvalue weighted by Crippen LogP contribution is 2.19. The Morgan fingerprint density at radius 2 is 1.85 bits per heavy atom. The Morgan fingerprint density at radius 3 is 2.45 bits per heavy atom. The van der Waals surface area contributed by atoms with E-state index in [9.17, 15) is 4.39 Å². The minimum Gasteiger partial charge on any atom is -0.306 e. The summed E-state index contributed by atoms with van der Waals surface area (Å²) >= 11 is 0. The molecule has 0 bridgehead atoms. The number of pyridine rings is 1. The molecule has 1 atom stereocenters. The summed E-state index contributed by atoms with van der Waals surface area (Å²) in [6.07, 6.45) is 2.88. The number of hydrogen-bond acceptors (Lipinski definition) is 2. The van der Waals surface area contributed by atoms with Gasteiger partial charge in [0.2, 0.25) is 0 Å². The maximum Gasteiger partial charge on any atom is 0.146 e. The summed E-state index contributed by atoms with van der Waals surface area (Å²) in [6.45, 7) is 9.05. The van der Waals surface area contributed by atoms with Gasteiger partial charge < -0.3 is 5.32 Å². The number of aromatic nitrogens is 1. The Hall–Kier alpha value is -1.74. The summed E-state index contributed by atoms with van der Waals surface area (Å²) in [4.78, 5) is 3.78. The van der Waals surface area contributed by atoms with Crippen LogP contribution in [0.25, 0.3) is 0 Å². The summed E-state index contributed by atoms with van der Waals surface area (Å²) in [7, 11) is 0. The van der Waals surface area contributed by atoms with E-state index in [0.29, 0.717) is 5.56 Å². The van der Waals surface area contributed by atoms with Crippen molar-refractivity contribution in [1.82, 2.24) is 10.3 Å². The minimum atomic E-state index is -0.259. The van der Waals surface area contributed by atoms with Crippen LogP contribution in [-0.2, 0) is 6.54 Å². The lowest BCUT2D eigenvalue weighted by Crippen LogP contribution is -2.20. The standard InChI is InChI=1S/C17H21FN2/c1-11-7-12(2)16(13(3)8-11)9-20-14(4)15-5-6-19-10-17(15)18/h5-8,10,14,20H,9H2,1-4H3/t14-/m1/s1. The van der Waals surface area contributed by atoms with Crippen molar-refractivity contribution in [2.75, 3.05) is 0 Å². The molecule has 106 valence electrons. The van der Waals surface area contributed by atoms with E-state index in [0.717, 1.165) is 6.54 Å². The van der Waals surface area contributed by atoms with E-state index in [-0.39, 0.29) is 11.9 Å². The van der Waals surface area contributed by atoms with E-state index in [1.54, 1.807) is 12.3 Å². The van der Waals surface area contributed by atoms with E-state index in [1.165, 1.54) is 28.5 Å². The number of aryl methyl sites for hydroxylation is 3. The molecule has 1 heterocycles. The smallest absolute Gasteiger partial charge is 0.146 e. The van der Waals surface area contributed by atoms with Crippen LogP contribution < -0.4 is 5.32 Å². The van der Waals surface area contributed by atoms with Crippen molar-refractivity contribution in [1.29, 1.82) is 0 Å². The maximum atomic E-state index is 13.7. The van der Waals surface area contributed by atoms with Crippen LogP contribution in [-0.4, -0.2) is 4.98 Å². The zero-order valence-electron chi connectivity index (χ0n) is 12.5. The maximum absolute atomic E-state index is 13.7. The first-order chi connectivity index (χ1) is 9.49. The van der Waals surface area contributed by atoms with Gasteiger partial charge in [0.25, 0.3) is 0 Å². The molecule has 1 N–H and O–H groups in total. The first-order valence-corrected chi connectivity index (χ1v) is 6.88. The number of hydrogen-bond donors (Lipinski definition) is 1. The molecule has 0 radical (unpaired) electrons. The summed E-state index contributed by atoms with van der Waals surface area (Å²) in [5, 5.41) is 3.39. The molecule has 0 spiro atoms. The largest absolute Gasteiger partial charge is 0.306 e. The SMILES string of the molecule is Cc1cc(C)c(CN[C@H](C)c2ccncc2F)c(C)c1. The lowest BCUT2D eigenvalue weighted by Gasteiger charge is -2.17. The second-order valence-electron chi connectivity index (χ2n) is 5.38. The molecular weight excluding hydrogens is 251 g/mol. The van der Waals surface area contributed by atoms with Crippen LogP contribution in [0.3, 0.4) is 0 Å². The quantitative estimate of drug-likeness (QED) is 0.910. The van der Waals surface area contributed by atoms with Crippen LogP contribution in [0.4, 0.5) is 4.39 Å². The number of nitrogens with zero attached hydrogens (tertiary/aromatic N) is 1. The molecular formula is C17H21FN2. The Labute approximate surface area is 120 Å². The Balaban J connectivity index is 2.12. The van der Waals surface area contributed by atoms with Gasteiger partial charge in [-0.15, -0.1) is 0 Å². The van der Waals surface area contributed by atoms with Gasteiger partial charge >= 0.3 is 0 Å². The second kappa shape index (κ2) is 6.14. The molecule has 0 unspecified atom stereocenters. The van der Waals surface area contributed by atoms with Crippen molar-refractivity contribution >= 4 is 0 Å². The highest BCUT2D eigenvalue weighted by atomic mass is 19.1. The molecule has 2 aromatic rings. The molecule has 0 saturated heterocycles. The summed E-state index contributed by atoms with van der Waals surface area (Å²) in [6, 6.07) is 6.05. The minimum absolute atomic E-state index is 0.0434. The number of rotatable bonds is 4. The Kier molecular flexibility index (Phi) is 4.50. The normalized spacial score (nSPS) is 12.4. The van der Waals surface area contributed by atoms with Crippen molar-refractivity contribution in [3.63, 3.8) is 0 Å². The molecule has 2 rings (SSSR count). The highest BCUT2D eigenvalue weighted by molar-refractivity contribution is 5.37. The van der Waals surface area contributed by atoms with Gasteiger partial charge in [-0.3, -0.25) is 4.98 Å². The lowest BCUT2D eigenvalue weighted by molar-refractivity contribution is 0.524. The van der Waals surface area contributed by atoms with Crippen molar-refractivity contribution in [3.8, 4) is 0 Å². The molecule has 0 saturated carbocycles. The van der Waals surface area contributed by atoms with E-state index in [2.05, 4.69) is 43.2 Å². The zero-order chi connectivity index (χ0) is 14.7. The molecule has 1 aromatic heterocycles. The predicted molar refractivity (Wildman–Crippen MR) is 80.1 cm³/mol. The molecule has 0 aliphatic rings. The fourth-order valence-corrected chi connectivity index (χ4v) is 2.59. The average Bonchev–Trinajstić information content (AvgIpc) is 2.37. The Bertz CT molecular complexity index is 585. The second-order valence-corrected chi connectivity index (χ2v) is 5.38. The molecule has 1 aromatic carbocycles. The van der Waals surface area contributed by atoms with E-state index in [1.807, 2.05) is 6.92 Å². The summed E-state index contributed by atoms with van der Waals surface area (Å²) in [5.74, 6) is -0.259. The number of halogens is 1. The van der Waals surface area contributed by atoms with Gasteiger partial charge in [0, 0.05) is 24.3 Å². The van der Waals surface area contributed by atoms with Gasteiger partial charge in [-0.25, -0.2) is 4.39 Å². The highest BCUT2D eigenvalue weighted by Gasteiger charge is 2.11.